The van der Waals surface area contributed by atoms with Crippen LogP contribution in [0, 0.1) is 5.92 Å². The highest BCUT2D eigenvalue weighted by Crippen LogP contribution is 2.24. The van der Waals surface area contributed by atoms with Gasteiger partial charge in [0.05, 0.1) is 0 Å². The van der Waals surface area contributed by atoms with Crippen molar-refractivity contribution < 1.29 is 22.4 Å². The Morgan fingerprint density at radius 1 is 1.27 bits per heavy atom. The SMILES string of the molecule is CN(C[C@H]1CN(Cc2ccccc2)C[C@H]1F)C(=O)C(F)(F)F. The van der Waals surface area contributed by atoms with E-state index in [1.165, 1.54) is 0 Å². The molecule has 3 nitrogen and oxygen atoms in total. The van der Waals surface area contributed by atoms with Gasteiger partial charge in [0, 0.05) is 39.1 Å². The van der Waals surface area contributed by atoms with Crippen LogP contribution in [0.15, 0.2) is 30.3 Å². The molecule has 1 aliphatic heterocycles. The molecule has 7 heteroatoms. The standard InChI is InChI=1S/C15H18F4N2O/c1-20(14(22)15(17,18)19)8-12-9-21(10-13(12)16)7-11-5-3-2-4-6-11/h2-6,12-13H,7-10H2,1H3/t12-,13+/m0/s1. The van der Waals surface area contributed by atoms with Crippen molar-refractivity contribution in [2.75, 3.05) is 26.7 Å². The summed E-state index contributed by atoms with van der Waals surface area (Å²) in [5, 5.41) is 0. The third kappa shape index (κ3) is 4.19. The molecule has 1 aromatic rings. The number of hydrogen-bond acceptors (Lipinski definition) is 2. The average molecular weight is 318 g/mol. The maximum atomic E-state index is 14.0. The molecule has 0 aromatic heterocycles. The number of carbonyl (C=O) groups excluding carboxylic acids is 1. The predicted octanol–water partition coefficient (Wildman–Crippen LogP) is 2.48. The summed E-state index contributed by atoms with van der Waals surface area (Å²) in [5.41, 5.74) is 1.02. The Hall–Kier alpha value is -1.63. The summed E-state index contributed by atoms with van der Waals surface area (Å²) in [6, 6.07) is 9.48. The van der Waals surface area contributed by atoms with Gasteiger partial charge in [-0.1, -0.05) is 30.3 Å². The lowest BCUT2D eigenvalue weighted by Crippen LogP contribution is -2.42. The Kier molecular flexibility index (Phi) is 5.05. The van der Waals surface area contributed by atoms with Crippen LogP contribution in [-0.4, -0.2) is 54.7 Å². The maximum Gasteiger partial charge on any atom is 0.471 e. The van der Waals surface area contributed by atoms with E-state index in [0.717, 1.165) is 12.6 Å². The smallest absolute Gasteiger partial charge is 0.338 e. The van der Waals surface area contributed by atoms with E-state index in [9.17, 15) is 22.4 Å². The van der Waals surface area contributed by atoms with Gasteiger partial charge in [-0.2, -0.15) is 13.2 Å². The Balaban J connectivity index is 1.90. The van der Waals surface area contributed by atoms with Crippen molar-refractivity contribution in [2.45, 2.75) is 18.9 Å². The van der Waals surface area contributed by atoms with E-state index in [-0.39, 0.29) is 13.1 Å². The number of halogens is 4. The van der Waals surface area contributed by atoms with E-state index < -0.39 is 24.2 Å². The molecule has 0 saturated carbocycles. The van der Waals surface area contributed by atoms with Gasteiger partial charge in [0.2, 0.25) is 0 Å². The molecule has 2 atom stereocenters. The molecule has 1 heterocycles. The zero-order valence-electron chi connectivity index (χ0n) is 12.2. The molecule has 1 amide bonds. The van der Waals surface area contributed by atoms with E-state index in [2.05, 4.69) is 0 Å². The van der Waals surface area contributed by atoms with Crippen molar-refractivity contribution in [3.63, 3.8) is 0 Å². The summed E-state index contributed by atoms with van der Waals surface area (Å²) in [7, 11) is 1.06. The Morgan fingerprint density at radius 3 is 2.50 bits per heavy atom. The van der Waals surface area contributed by atoms with Gasteiger partial charge in [-0.05, 0) is 5.56 Å². The summed E-state index contributed by atoms with van der Waals surface area (Å²) in [5.74, 6) is -2.53. The molecule has 0 spiro atoms. The highest BCUT2D eigenvalue weighted by molar-refractivity contribution is 5.81. The molecule has 1 fully saturated rings. The molecule has 1 saturated heterocycles. The molecule has 0 aliphatic carbocycles. The van der Waals surface area contributed by atoms with E-state index in [1.807, 2.05) is 35.2 Å². The predicted molar refractivity (Wildman–Crippen MR) is 73.8 cm³/mol. The molecule has 22 heavy (non-hydrogen) atoms. The van der Waals surface area contributed by atoms with Crippen LogP contribution in [0.25, 0.3) is 0 Å². The minimum Gasteiger partial charge on any atom is -0.338 e. The number of carbonyl (C=O) groups is 1. The summed E-state index contributed by atoms with van der Waals surface area (Å²) in [4.78, 5) is 13.5. The lowest BCUT2D eigenvalue weighted by atomic mass is 10.1. The van der Waals surface area contributed by atoms with Crippen LogP contribution in [-0.2, 0) is 11.3 Å². The topological polar surface area (TPSA) is 23.6 Å². The number of rotatable bonds is 4. The molecule has 0 radical (unpaired) electrons. The van der Waals surface area contributed by atoms with Crippen molar-refractivity contribution in [3.8, 4) is 0 Å². The first-order chi connectivity index (χ1) is 10.3. The van der Waals surface area contributed by atoms with Crippen molar-refractivity contribution in [1.82, 2.24) is 9.80 Å². The lowest BCUT2D eigenvalue weighted by molar-refractivity contribution is -0.184. The minimum atomic E-state index is -4.91. The molecule has 0 bridgehead atoms. The molecule has 1 aromatic carbocycles. The van der Waals surface area contributed by atoms with Crippen molar-refractivity contribution >= 4 is 5.91 Å². The zero-order valence-corrected chi connectivity index (χ0v) is 12.2. The van der Waals surface area contributed by atoms with Crippen molar-refractivity contribution in [1.29, 1.82) is 0 Å². The van der Waals surface area contributed by atoms with Gasteiger partial charge in [0.25, 0.3) is 0 Å². The number of amides is 1. The quantitative estimate of drug-likeness (QED) is 0.796. The normalized spacial score (nSPS) is 22.8. The second-order valence-corrected chi connectivity index (χ2v) is 5.64. The third-order valence-corrected chi connectivity index (χ3v) is 3.78. The number of nitrogens with zero attached hydrogens (tertiary/aromatic N) is 2. The van der Waals surface area contributed by atoms with Crippen LogP contribution < -0.4 is 0 Å². The molecular formula is C15H18F4N2O. The average Bonchev–Trinajstić information content (AvgIpc) is 2.78. The summed E-state index contributed by atoms with van der Waals surface area (Å²) >= 11 is 0. The summed E-state index contributed by atoms with van der Waals surface area (Å²) < 4.78 is 51.0. The van der Waals surface area contributed by atoms with Gasteiger partial charge in [0.15, 0.2) is 0 Å². The van der Waals surface area contributed by atoms with E-state index >= 15 is 0 Å². The Morgan fingerprint density at radius 2 is 1.91 bits per heavy atom. The highest BCUT2D eigenvalue weighted by Gasteiger charge is 2.43. The fourth-order valence-electron chi connectivity index (χ4n) is 2.71. The zero-order chi connectivity index (χ0) is 16.3. The third-order valence-electron chi connectivity index (χ3n) is 3.78. The van der Waals surface area contributed by atoms with E-state index in [0.29, 0.717) is 18.0 Å². The monoisotopic (exact) mass is 318 g/mol. The van der Waals surface area contributed by atoms with Crippen LogP contribution >= 0.6 is 0 Å². The van der Waals surface area contributed by atoms with Crippen LogP contribution in [0.1, 0.15) is 5.56 Å². The fourth-order valence-corrected chi connectivity index (χ4v) is 2.71. The van der Waals surface area contributed by atoms with Gasteiger partial charge in [0.1, 0.15) is 6.17 Å². The Labute approximate surface area is 126 Å². The summed E-state index contributed by atoms with van der Waals surface area (Å²) in [6.45, 7) is 0.832. The number of benzene rings is 1. The van der Waals surface area contributed by atoms with Crippen molar-refractivity contribution in [2.24, 2.45) is 5.92 Å². The number of hydrogen-bond donors (Lipinski definition) is 0. The molecular weight excluding hydrogens is 300 g/mol. The number of alkyl halides is 4. The highest BCUT2D eigenvalue weighted by atomic mass is 19.4. The molecule has 0 unspecified atom stereocenters. The first-order valence-electron chi connectivity index (χ1n) is 7.00. The first-order valence-corrected chi connectivity index (χ1v) is 7.00. The molecule has 1 aliphatic rings. The van der Waals surface area contributed by atoms with Crippen molar-refractivity contribution in [3.05, 3.63) is 35.9 Å². The van der Waals surface area contributed by atoms with E-state index in [1.54, 1.807) is 0 Å². The molecule has 2 rings (SSSR count). The second-order valence-electron chi connectivity index (χ2n) is 5.64. The van der Waals surface area contributed by atoms with Crippen LogP contribution in [0.3, 0.4) is 0 Å². The largest absolute Gasteiger partial charge is 0.471 e. The molecule has 0 N–H and O–H groups in total. The Bertz CT molecular complexity index is 506. The van der Waals surface area contributed by atoms with Gasteiger partial charge < -0.3 is 4.90 Å². The lowest BCUT2D eigenvalue weighted by Gasteiger charge is -2.23. The van der Waals surface area contributed by atoms with Gasteiger partial charge in [-0.15, -0.1) is 0 Å². The number of likely N-dealkylation sites (tertiary alicyclic amines) is 1. The van der Waals surface area contributed by atoms with Crippen LogP contribution in [0.4, 0.5) is 17.6 Å². The minimum absolute atomic E-state index is 0.174. The molecule has 122 valence electrons. The van der Waals surface area contributed by atoms with Crippen LogP contribution in [0.2, 0.25) is 0 Å². The van der Waals surface area contributed by atoms with E-state index in [4.69, 9.17) is 0 Å². The van der Waals surface area contributed by atoms with Gasteiger partial charge in [-0.3, -0.25) is 9.69 Å². The maximum absolute atomic E-state index is 14.0. The van der Waals surface area contributed by atoms with Gasteiger partial charge in [-0.25, -0.2) is 4.39 Å². The summed E-state index contributed by atoms with van der Waals surface area (Å²) in [6.07, 6.45) is -6.14. The van der Waals surface area contributed by atoms with Crippen LogP contribution in [0.5, 0.6) is 0 Å². The first kappa shape index (κ1) is 16.7. The fraction of sp³-hybridized carbons (Fsp3) is 0.533. The second kappa shape index (κ2) is 6.64. The van der Waals surface area contributed by atoms with Gasteiger partial charge >= 0.3 is 12.1 Å².